The van der Waals surface area contributed by atoms with Crippen molar-refractivity contribution in [1.29, 1.82) is 0 Å². The van der Waals surface area contributed by atoms with E-state index in [1.54, 1.807) is 0 Å². The molecule has 0 radical (unpaired) electrons. The Kier molecular flexibility index (Phi) is 5.14. The van der Waals surface area contributed by atoms with E-state index in [2.05, 4.69) is 22.9 Å². The third-order valence-electron chi connectivity index (χ3n) is 4.32. The highest BCUT2D eigenvalue weighted by molar-refractivity contribution is 9.10. The van der Waals surface area contributed by atoms with Gasteiger partial charge in [0, 0.05) is 9.50 Å². The summed E-state index contributed by atoms with van der Waals surface area (Å²) >= 11 is 9.99. The molecule has 0 aromatic heterocycles. The van der Waals surface area contributed by atoms with E-state index in [0.717, 1.165) is 42.1 Å². The smallest absolute Gasteiger partial charge is 0.314 e. The Labute approximate surface area is 133 Å². The molecule has 1 fully saturated rings. The summed E-state index contributed by atoms with van der Waals surface area (Å²) in [6.07, 6.45) is 6.49. The number of carboxylic acids is 1. The van der Waals surface area contributed by atoms with Crippen molar-refractivity contribution in [2.75, 3.05) is 0 Å². The van der Waals surface area contributed by atoms with Gasteiger partial charge in [0.05, 0.1) is 5.41 Å². The van der Waals surface area contributed by atoms with Crippen molar-refractivity contribution >= 4 is 33.5 Å². The maximum atomic E-state index is 11.8. The highest BCUT2D eigenvalue weighted by atomic mass is 79.9. The zero-order valence-corrected chi connectivity index (χ0v) is 14.1. The zero-order valence-electron chi connectivity index (χ0n) is 11.7. The highest BCUT2D eigenvalue weighted by Crippen LogP contribution is 2.45. The van der Waals surface area contributed by atoms with Gasteiger partial charge in [0.25, 0.3) is 0 Å². The normalized spacial score (nSPS) is 17.4. The Morgan fingerprint density at radius 2 is 2.05 bits per heavy atom. The van der Waals surface area contributed by atoms with Gasteiger partial charge in [-0.05, 0) is 48.9 Å². The number of carboxylic acid groups (broad SMARTS) is 1. The first-order chi connectivity index (χ1) is 9.51. The molecular weight excluding hydrogens is 340 g/mol. The first kappa shape index (κ1) is 15.8. The number of hydrogen-bond acceptors (Lipinski definition) is 1. The summed E-state index contributed by atoms with van der Waals surface area (Å²) in [5.74, 6) is -0.745. The first-order valence-electron chi connectivity index (χ1n) is 7.23. The summed E-state index contributed by atoms with van der Waals surface area (Å²) in [4.78, 5) is 11.8. The number of aryl methyl sites for hydroxylation is 1. The van der Waals surface area contributed by atoms with E-state index in [9.17, 15) is 9.90 Å². The van der Waals surface area contributed by atoms with Crippen molar-refractivity contribution in [3.63, 3.8) is 0 Å². The van der Waals surface area contributed by atoms with Crippen molar-refractivity contribution in [2.45, 2.75) is 57.3 Å². The molecule has 0 aliphatic heterocycles. The van der Waals surface area contributed by atoms with Gasteiger partial charge in [-0.25, -0.2) is 0 Å². The molecule has 0 bridgehead atoms. The van der Waals surface area contributed by atoms with Gasteiger partial charge in [-0.3, -0.25) is 4.79 Å². The average Bonchev–Trinajstić information content (AvgIpc) is 2.90. The van der Waals surface area contributed by atoms with Gasteiger partial charge in [-0.15, -0.1) is 0 Å². The third kappa shape index (κ3) is 2.89. The van der Waals surface area contributed by atoms with Gasteiger partial charge >= 0.3 is 5.97 Å². The van der Waals surface area contributed by atoms with Crippen LogP contribution in [0.1, 0.15) is 56.6 Å². The molecule has 1 aliphatic carbocycles. The predicted molar refractivity (Wildman–Crippen MR) is 85.5 cm³/mol. The van der Waals surface area contributed by atoms with Crippen molar-refractivity contribution in [3.05, 3.63) is 32.8 Å². The summed E-state index contributed by atoms with van der Waals surface area (Å²) in [6, 6.07) is 3.88. The van der Waals surface area contributed by atoms with E-state index in [1.807, 2.05) is 12.1 Å². The Hall–Kier alpha value is -0.540. The molecule has 1 aromatic rings. The van der Waals surface area contributed by atoms with Crippen molar-refractivity contribution in [1.82, 2.24) is 0 Å². The lowest BCUT2D eigenvalue weighted by molar-refractivity contribution is -0.143. The molecule has 0 amide bonds. The first-order valence-corrected chi connectivity index (χ1v) is 8.40. The van der Waals surface area contributed by atoms with Crippen LogP contribution in [-0.4, -0.2) is 11.1 Å². The van der Waals surface area contributed by atoms with Gasteiger partial charge < -0.3 is 5.11 Å². The van der Waals surface area contributed by atoms with Crippen LogP contribution in [-0.2, 0) is 16.6 Å². The molecule has 1 aromatic carbocycles. The van der Waals surface area contributed by atoms with Crippen molar-refractivity contribution in [3.8, 4) is 0 Å². The fourth-order valence-electron chi connectivity index (χ4n) is 3.09. The summed E-state index contributed by atoms with van der Waals surface area (Å²) in [6.45, 7) is 2.15. The number of unbranched alkanes of at least 4 members (excludes halogenated alkanes) is 1. The summed E-state index contributed by atoms with van der Waals surface area (Å²) in [5, 5.41) is 10.3. The van der Waals surface area contributed by atoms with Gasteiger partial charge in [0.1, 0.15) is 0 Å². The summed E-state index contributed by atoms with van der Waals surface area (Å²) in [7, 11) is 0. The maximum Gasteiger partial charge on any atom is 0.314 e. The van der Waals surface area contributed by atoms with Gasteiger partial charge in [0.2, 0.25) is 0 Å². The van der Waals surface area contributed by atoms with Crippen LogP contribution >= 0.6 is 27.5 Å². The van der Waals surface area contributed by atoms with Crippen LogP contribution < -0.4 is 0 Å². The Balaban J connectivity index is 2.42. The van der Waals surface area contributed by atoms with Crippen LogP contribution in [0.25, 0.3) is 0 Å². The number of aliphatic carboxylic acids is 1. The van der Waals surface area contributed by atoms with Crippen molar-refractivity contribution < 1.29 is 9.90 Å². The van der Waals surface area contributed by atoms with Crippen LogP contribution in [0, 0.1) is 0 Å². The molecular formula is C16H20BrClO2. The standard InChI is InChI=1S/C16H20BrClO2/c1-2-3-6-11-9-14(18)12(10-13(11)17)16(15(19)20)7-4-5-8-16/h9-10H,2-8H2,1H3,(H,19,20). The second-order valence-electron chi connectivity index (χ2n) is 5.62. The van der Waals surface area contributed by atoms with Crippen LogP contribution in [0.2, 0.25) is 5.02 Å². The number of rotatable bonds is 5. The predicted octanol–water partition coefficient (Wildman–Crippen LogP) is 5.34. The van der Waals surface area contributed by atoms with Crippen LogP contribution in [0.4, 0.5) is 0 Å². The van der Waals surface area contributed by atoms with E-state index >= 15 is 0 Å². The number of benzene rings is 1. The topological polar surface area (TPSA) is 37.3 Å². The molecule has 1 saturated carbocycles. The minimum Gasteiger partial charge on any atom is -0.481 e. The quantitative estimate of drug-likeness (QED) is 0.770. The van der Waals surface area contributed by atoms with E-state index in [-0.39, 0.29) is 0 Å². The van der Waals surface area contributed by atoms with Gasteiger partial charge in [-0.2, -0.15) is 0 Å². The average molecular weight is 360 g/mol. The largest absolute Gasteiger partial charge is 0.481 e. The second kappa shape index (κ2) is 6.48. The molecule has 1 N–H and O–H groups in total. The number of hydrogen-bond donors (Lipinski definition) is 1. The van der Waals surface area contributed by atoms with Crippen LogP contribution in [0.15, 0.2) is 16.6 Å². The minimum atomic E-state index is -0.789. The molecule has 0 saturated heterocycles. The zero-order chi connectivity index (χ0) is 14.8. The molecule has 110 valence electrons. The monoisotopic (exact) mass is 358 g/mol. The lowest BCUT2D eigenvalue weighted by Gasteiger charge is -2.26. The molecule has 1 aliphatic rings. The van der Waals surface area contributed by atoms with Crippen LogP contribution in [0.3, 0.4) is 0 Å². The molecule has 0 heterocycles. The molecule has 2 rings (SSSR count). The fourth-order valence-corrected chi connectivity index (χ4v) is 4.00. The van der Waals surface area contributed by atoms with E-state index in [4.69, 9.17) is 11.6 Å². The SMILES string of the molecule is CCCCc1cc(Cl)c(C2(C(=O)O)CCCC2)cc1Br. The minimum absolute atomic E-state index is 0.601. The Bertz CT molecular complexity index is 507. The lowest BCUT2D eigenvalue weighted by atomic mass is 9.78. The Morgan fingerprint density at radius 3 is 2.60 bits per heavy atom. The number of carbonyl (C=O) groups is 1. The molecule has 4 heteroatoms. The van der Waals surface area contributed by atoms with Crippen molar-refractivity contribution in [2.24, 2.45) is 0 Å². The highest BCUT2D eigenvalue weighted by Gasteiger charge is 2.44. The van der Waals surface area contributed by atoms with E-state index in [1.165, 1.54) is 5.56 Å². The van der Waals surface area contributed by atoms with Gasteiger partial charge in [-0.1, -0.05) is 53.7 Å². The van der Waals surface area contributed by atoms with Crippen LogP contribution in [0.5, 0.6) is 0 Å². The second-order valence-corrected chi connectivity index (χ2v) is 6.88. The molecule has 0 spiro atoms. The Morgan fingerprint density at radius 1 is 1.40 bits per heavy atom. The number of halogens is 2. The van der Waals surface area contributed by atoms with E-state index in [0.29, 0.717) is 17.9 Å². The molecule has 0 unspecified atom stereocenters. The fraction of sp³-hybridized carbons (Fsp3) is 0.562. The summed E-state index contributed by atoms with van der Waals surface area (Å²) < 4.78 is 0.984. The summed E-state index contributed by atoms with van der Waals surface area (Å²) in [5.41, 5.74) is 1.15. The lowest BCUT2D eigenvalue weighted by Crippen LogP contribution is -2.33. The van der Waals surface area contributed by atoms with Gasteiger partial charge in [0.15, 0.2) is 0 Å². The maximum absolute atomic E-state index is 11.8. The van der Waals surface area contributed by atoms with E-state index < -0.39 is 11.4 Å². The molecule has 20 heavy (non-hydrogen) atoms. The molecule has 2 nitrogen and oxygen atoms in total. The molecule has 0 atom stereocenters. The third-order valence-corrected chi connectivity index (χ3v) is 5.37.